The van der Waals surface area contributed by atoms with Gasteiger partial charge in [0.05, 0.1) is 10.2 Å². The summed E-state index contributed by atoms with van der Waals surface area (Å²) in [6, 6.07) is 8.75. The van der Waals surface area contributed by atoms with Gasteiger partial charge in [-0.3, -0.25) is 4.99 Å². The lowest BCUT2D eigenvalue weighted by molar-refractivity contribution is 0.206. The van der Waals surface area contributed by atoms with Crippen molar-refractivity contribution in [1.82, 2.24) is 20.5 Å². The molecule has 6 nitrogen and oxygen atoms in total. The molecule has 1 aliphatic heterocycles. The summed E-state index contributed by atoms with van der Waals surface area (Å²) in [5.41, 5.74) is 1.06. The molecular weight excluding hydrogens is 344 g/mol. The van der Waals surface area contributed by atoms with Gasteiger partial charge in [-0.1, -0.05) is 30.4 Å². The van der Waals surface area contributed by atoms with Crippen molar-refractivity contribution in [2.24, 2.45) is 4.99 Å². The van der Waals surface area contributed by atoms with Gasteiger partial charge in [-0.05, 0) is 37.9 Å². The van der Waals surface area contributed by atoms with Crippen LogP contribution < -0.4 is 16.0 Å². The number of nitrogens with zero attached hydrogens (tertiary/aromatic N) is 3. The molecule has 0 saturated carbocycles. The Morgan fingerprint density at radius 2 is 2.08 bits per heavy atom. The molecule has 0 amide bonds. The summed E-state index contributed by atoms with van der Waals surface area (Å²) in [4.78, 5) is 11.5. The van der Waals surface area contributed by atoms with Crippen molar-refractivity contribution in [1.29, 1.82) is 0 Å². The highest BCUT2D eigenvalue weighted by Crippen LogP contribution is 2.24. The zero-order chi connectivity index (χ0) is 18.2. The maximum absolute atomic E-state index is 4.59. The number of piperidine rings is 1. The summed E-state index contributed by atoms with van der Waals surface area (Å²) in [6.45, 7) is 7.46. The number of thiazole rings is 1. The van der Waals surface area contributed by atoms with Crippen molar-refractivity contribution in [2.45, 2.75) is 32.2 Å². The number of rotatable bonds is 7. The summed E-state index contributed by atoms with van der Waals surface area (Å²) >= 11 is 1.69. The molecule has 1 aromatic heterocycles. The normalized spacial score (nSPS) is 16.8. The Balaban J connectivity index is 1.36. The van der Waals surface area contributed by atoms with Crippen LogP contribution in [0.4, 0.5) is 5.13 Å². The molecule has 142 valence electrons. The van der Waals surface area contributed by atoms with Crippen LogP contribution in [0.5, 0.6) is 0 Å². The minimum Gasteiger partial charge on any atom is -0.360 e. The lowest BCUT2D eigenvalue weighted by Crippen LogP contribution is -2.49. The highest BCUT2D eigenvalue weighted by Gasteiger charge is 2.19. The van der Waals surface area contributed by atoms with Crippen LogP contribution in [0.1, 0.15) is 26.2 Å². The standard InChI is InChI=1S/C19H30N6S/c1-3-12-25-13-8-15(9-14-25)23-18(20-2)21-10-11-22-19-24-16-6-4-5-7-17(16)26-19/h4-7,15H,3,8-14H2,1-2H3,(H,22,24)(H2,20,21,23). The van der Waals surface area contributed by atoms with Crippen LogP contribution in [0.3, 0.4) is 0 Å². The van der Waals surface area contributed by atoms with Crippen molar-refractivity contribution < 1.29 is 0 Å². The molecule has 2 heterocycles. The van der Waals surface area contributed by atoms with Gasteiger partial charge in [-0.25, -0.2) is 4.98 Å². The summed E-state index contributed by atoms with van der Waals surface area (Å²) in [6.07, 6.45) is 3.61. The van der Waals surface area contributed by atoms with E-state index in [9.17, 15) is 0 Å². The molecule has 7 heteroatoms. The molecule has 2 aromatic rings. The first-order chi connectivity index (χ1) is 12.8. The van der Waals surface area contributed by atoms with Gasteiger partial charge in [0.1, 0.15) is 0 Å². The molecule has 1 aliphatic rings. The maximum atomic E-state index is 4.59. The first kappa shape index (κ1) is 18.9. The van der Waals surface area contributed by atoms with E-state index in [1.54, 1.807) is 11.3 Å². The molecule has 0 radical (unpaired) electrons. The fourth-order valence-electron chi connectivity index (χ4n) is 3.30. The number of nitrogens with one attached hydrogen (secondary N) is 3. The molecule has 26 heavy (non-hydrogen) atoms. The third kappa shape index (κ3) is 5.32. The third-order valence-electron chi connectivity index (χ3n) is 4.68. The Hall–Kier alpha value is -1.86. The van der Waals surface area contributed by atoms with E-state index in [1.165, 1.54) is 43.6 Å². The van der Waals surface area contributed by atoms with Crippen LogP contribution in [0.2, 0.25) is 0 Å². The lowest BCUT2D eigenvalue weighted by Gasteiger charge is -2.32. The zero-order valence-electron chi connectivity index (χ0n) is 15.8. The fraction of sp³-hybridized carbons (Fsp3) is 0.579. The smallest absolute Gasteiger partial charge is 0.191 e. The van der Waals surface area contributed by atoms with Crippen LogP contribution in [-0.2, 0) is 0 Å². The van der Waals surface area contributed by atoms with Gasteiger partial charge in [0.15, 0.2) is 11.1 Å². The molecule has 1 fully saturated rings. The van der Waals surface area contributed by atoms with Gasteiger partial charge in [0.2, 0.25) is 0 Å². The highest BCUT2D eigenvalue weighted by atomic mass is 32.1. The number of para-hydroxylation sites is 1. The molecule has 0 unspecified atom stereocenters. The van der Waals surface area contributed by atoms with Crippen LogP contribution in [0, 0.1) is 0 Å². The van der Waals surface area contributed by atoms with Gasteiger partial charge in [-0.2, -0.15) is 0 Å². The summed E-state index contributed by atoms with van der Waals surface area (Å²) < 4.78 is 1.22. The second-order valence-corrected chi connectivity index (χ2v) is 7.70. The predicted octanol–water partition coefficient (Wildman–Crippen LogP) is 2.75. The maximum Gasteiger partial charge on any atom is 0.191 e. The Kier molecular flexibility index (Phi) is 7.08. The monoisotopic (exact) mass is 374 g/mol. The van der Waals surface area contributed by atoms with E-state index in [0.717, 1.165) is 29.7 Å². The average molecular weight is 375 g/mol. The predicted molar refractivity (Wildman–Crippen MR) is 112 cm³/mol. The average Bonchev–Trinajstić information content (AvgIpc) is 3.08. The number of benzene rings is 1. The van der Waals surface area contributed by atoms with E-state index in [1.807, 2.05) is 25.2 Å². The minimum atomic E-state index is 0.520. The minimum absolute atomic E-state index is 0.520. The van der Waals surface area contributed by atoms with Crippen LogP contribution in [0.15, 0.2) is 29.3 Å². The molecule has 0 spiro atoms. The van der Waals surface area contributed by atoms with Gasteiger partial charge < -0.3 is 20.9 Å². The molecule has 0 aliphatic carbocycles. The van der Waals surface area contributed by atoms with Gasteiger partial charge in [-0.15, -0.1) is 0 Å². The second-order valence-electron chi connectivity index (χ2n) is 6.67. The van der Waals surface area contributed by atoms with Crippen LogP contribution >= 0.6 is 11.3 Å². The fourth-order valence-corrected chi connectivity index (χ4v) is 4.19. The Morgan fingerprint density at radius 1 is 1.27 bits per heavy atom. The quantitative estimate of drug-likeness (QED) is 0.395. The first-order valence-electron chi connectivity index (χ1n) is 9.57. The van der Waals surface area contributed by atoms with E-state index in [4.69, 9.17) is 0 Å². The molecule has 3 rings (SSSR count). The number of fused-ring (bicyclic) bond motifs is 1. The van der Waals surface area contributed by atoms with Crippen molar-refractivity contribution in [2.75, 3.05) is 45.1 Å². The molecule has 1 saturated heterocycles. The molecule has 1 aromatic carbocycles. The largest absolute Gasteiger partial charge is 0.360 e. The van der Waals surface area contributed by atoms with Crippen molar-refractivity contribution >= 4 is 32.6 Å². The molecule has 3 N–H and O–H groups in total. The Morgan fingerprint density at radius 3 is 2.81 bits per heavy atom. The van der Waals surface area contributed by atoms with Crippen molar-refractivity contribution in [3.8, 4) is 0 Å². The van der Waals surface area contributed by atoms with Crippen LogP contribution in [-0.4, -0.2) is 61.7 Å². The Bertz CT molecular complexity index is 672. The van der Waals surface area contributed by atoms with E-state index < -0.39 is 0 Å². The molecule has 0 atom stereocenters. The number of likely N-dealkylation sites (tertiary alicyclic amines) is 1. The zero-order valence-corrected chi connectivity index (χ0v) is 16.6. The van der Waals surface area contributed by atoms with E-state index in [0.29, 0.717) is 6.04 Å². The number of hydrogen-bond acceptors (Lipinski definition) is 5. The first-order valence-corrected chi connectivity index (χ1v) is 10.4. The van der Waals surface area contributed by atoms with Crippen molar-refractivity contribution in [3.63, 3.8) is 0 Å². The van der Waals surface area contributed by atoms with Crippen molar-refractivity contribution in [3.05, 3.63) is 24.3 Å². The Labute approximate surface area is 160 Å². The van der Waals surface area contributed by atoms with E-state index in [-0.39, 0.29) is 0 Å². The third-order valence-corrected chi connectivity index (χ3v) is 5.67. The number of aromatic nitrogens is 1. The number of guanidine groups is 1. The molecule has 0 bridgehead atoms. The van der Waals surface area contributed by atoms with Gasteiger partial charge in [0.25, 0.3) is 0 Å². The van der Waals surface area contributed by atoms with Gasteiger partial charge in [0, 0.05) is 39.3 Å². The number of aliphatic imine (C=N–C) groups is 1. The molecular formula is C19H30N6S. The summed E-state index contributed by atoms with van der Waals surface area (Å²) in [7, 11) is 1.84. The highest BCUT2D eigenvalue weighted by molar-refractivity contribution is 7.22. The topological polar surface area (TPSA) is 64.6 Å². The SMILES string of the molecule is CCCN1CCC(NC(=NC)NCCNc2nc3ccccc3s2)CC1. The summed E-state index contributed by atoms with van der Waals surface area (Å²) in [5.74, 6) is 0.894. The number of hydrogen-bond donors (Lipinski definition) is 3. The van der Waals surface area contributed by atoms with Crippen LogP contribution in [0.25, 0.3) is 10.2 Å². The second kappa shape index (κ2) is 9.73. The lowest BCUT2D eigenvalue weighted by atomic mass is 10.1. The van der Waals surface area contributed by atoms with E-state index in [2.05, 4.69) is 43.8 Å². The van der Waals surface area contributed by atoms with Gasteiger partial charge >= 0.3 is 0 Å². The van der Waals surface area contributed by atoms with E-state index >= 15 is 0 Å². The summed E-state index contributed by atoms with van der Waals surface area (Å²) in [5, 5.41) is 11.3. The number of anilines is 1.